The molecule has 0 saturated carbocycles. The van der Waals surface area contributed by atoms with Crippen molar-refractivity contribution < 1.29 is 9.59 Å². The molecule has 2 amide bonds. The highest BCUT2D eigenvalue weighted by molar-refractivity contribution is 6.09. The van der Waals surface area contributed by atoms with Gasteiger partial charge in [0.15, 0.2) is 0 Å². The van der Waals surface area contributed by atoms with E-state index < -0.39 is 0 Å². The molecule has 4 nitrogen and oxygen atoms in total. The predicted octanol–water partition coefficient (Wildman–Crippen LogP) is 3.76. The van der Waals surface area contributed by atoms with Gasteiger partial charge in [0.2, 0.25) is 0 Å². The van der Waals surface area contributed by atoms with Gasteiger partial charge in [0.1, 0.15) is 0 Å². The highest BCUT2D eigenvalue weighted by Gasteiger charge is 2.30. The van der Waals surface area contributed by atoms with Gasteiger partial charge in [-0.05, 0) is 37.1 Å². The van der Waals surface area contributed by atoms with Crippen LogP contribution in [0.2, 0.25) is 0 Å². The number of hydrogen-bond donors (Lipinski definition) is 0. The van der Waals surface area contributed by atoms with Crippen LogP contribution in [0.25, 0.3) is 0 Å². The van der Waals surface area contributed by atoms with E-state index in [-0.39, 0.29) is 11.8 Å². The fraction of sp³-hybridized carbons (Fsp3) is 0.300. The first-order valence-electron chi connectivity index (χ1n) is 8.51. The van der Waals surface area contributed by atoms with Crippen molar-refractivity contribution in [2.45, 2.75) is 25.7 Å². The maximum atomic E-state index is 13.0. The third kappa shape index (κ3) is 3.71. The molecule has 24 heavy (non-hydrogen) atoms. The summed E-state index contributed by atoms with van der Waals surface area (Å²) in [4.78, 5) is 26.1. The topological polar surface area (TPSA) is 40.6 Å². The first-order valence-corrected chi connectivity index (χ1v) is 8.51. The first kappa shape index (κ1) is 16.4. The summed E-state index contributed by atoms with van der Waals surface area (Å²) in [6.45, 7) is 1.47. The lowest BCUT2D eigenvalue weighted by Gasteiger charge is -2.32. The van der Waals surface area contributed by atoms with Crippen molar-refractivity contribution in [2.24, 2.45) is 0 Å². The molecule has 2 aromatic rings. The van der Waals surface area contributed by atoms with Gasteiger partial charge >= 0.3 is 0 Å². The van der Waals surface area contributed by atoms with Crippen molar-refractivity contribution in [1.82, 2.24) is 10.0 Å². The van der Waals surface area contributed by atoms with Crippen LogP contribution in [-0.2, 0) is 0 Å². The highest BCUT2D eigenvalue weighted by Crippen LogP contribution is 2.18. The lowest BCUT2D eigenvalue weighted by atomic mass is 10.1. The minimum atomic E-state index is -0.258. The third-order valence-electron chi connectivity index (χ3n) is 4.29. The summed E-state index contributed by atoms with van der Waals surface area (Å²) in [7, 11) is 0. The van der Waals surface area contributed by atoms with Crippen molar-refractivity contribution in [3.8, 4) is 0 Å². The van der Waals surface area contributed by atoms with Gasteiger partial charge in [-0.2, -0.15) is 0 Å². The molecule has 0 spiro atoms. The van der Waals surface area contributed by atoms with Gasteiger partial charge in [0, 0.05) is 24.2 Å². The second-order valence-electron chi connectivity index (χ2n) is 6.02. The lowest BCUT2D eigenvalue weighted by Crippen LogP contribution is -2.50. The van der Waals surface area contributed by atoms with Gasteiger partial charge in [-0.15, -0.1) is 0 Å². The predicted molar refractivity (Wildman–Crippen MR) is 93.4 cm³/mol. The Morgan fingerprint density at radius 2 is 1.08 bits per heavy atom. The number of hydrogen-bond acceptors (Lipinski definition) is 3. The molecular weight excluding hydrogens is 300 g/mol. The minimum absolute atomic E-state index is 0.258. The van der Waals surface area contributed by atoms with Crippen LogP contribution in [-0.4, -0.2) is 34.9 Å². The van der Waals surface area contributed by atoms with Gasteiger partial charge in [0.05, 0.1) is 0 Å². The average Bonchev–Trinajstić information content (AvgIpc) is 2.92. The summed E-state index contributed by atoms with van der Waals surface area (Å²) in [6.07, 6.45) is 4.29. The van der Waals surface area contributed by atoms with Gasteiger partial charge in [0.25, 0.3) is 11.8 Å². The van der Waals surface area contributed by atoms with Gasteiger partial charge in [-0.1, -0.05) is 49.2 Å². The zero-order chi connectivity index (χ0) is 16.8. The number of carbonyl (C=O) groups excluding carboxylic acids is 2. The smallest absolute Gasteiger partial charge is 0.267 e. The summed E-state index contributed by atoms with van der Waals surface area (Å²) < 4.78 is 0. The number of hydrazine groups is 1. The Hall–Kier alpha value is -2.46. The summed E-state index contributed by atoms with van der Waals surface area (Å²) in [5.41, 5.74) is 1.07. The molecule has 1 aliphatic heterocycles. The van der Waals surface area contributed by atoms with Gasteiger partial charge in [-0.3, -0.25) is 9.59 Å². The molecule has 3 rings (SSSR count). The van der Waals surface area contributed by atoms with Crippen molar-refractivity contribution in [2.75, 3.05) is 13.1 Å². The number of nitrogens with zero attached hydrogens (tertiary/aromatic N) is 2. The fourth-order valence-corrected chi connectivity index (χ4v) is 3.01. The number of amides is 2. The zero-order valence-electron chi connectivity index (χ0n) is 13.7. The van der Waals surface area contributed by atoms with Crippen molar-refractivity contribution in [3.05, 3.63) is 71.8 Å². The number of benzene rings is 2. The van der Waals surface area contributed by atoms with E-state index in [4.69, 9.17) is 0 Å². The SMILES string of the molecule is O=C(c1ccccc1)N(C(=O)c1ccccc1)N1CCCCCC1. The van der Waals surface area contributed by atoms with Crippen LogP contribution >= 0.6 is 0 Å². The van der Waals surface area contributed by atoms with Crippen LogP contribution in [0.15, 0.2) is 60.7 Å². The number of rotatable bonds is 3. The molecule has 0 bridgehead atoms. The summed E-state index contributed by atoms with van der Waals surface area (Å²) >= 11 is 0. The standard InChI is InChI=1S/C20H22N2O2/c23-19(17-11-5-3-6-12-17)22(21-15-9-1-2-10-16-21)20(24)18-13-7-4-8-14-18/h3-8,11-14H,1-2,9-10,15-16H2. The second kappa shape index (κ2) is 7.88. The van der Waals surface area contributed by atoms with Crippen LogP contribution in [0.5, 0.6) is 0 Å². The summed E-state index contributed by atoms with van der Waals surface area (Å²) in [5, 5.41) is 3.26. The van der Waals surface area contributed by atoms with Crippen LogP contribution in [0, 0.1) is 0 Å². The fourth-order valence-electron chi connectivity index (χ4n) is 3.01. The number of imide groups is 1. The van der Waals surface area contributed by atoms with Gasteiger partial charge < -0.3 is 0 Å². The Morgan fingerprint density at radius 1 is 0.667 bits per heavy atom. The third-order valence-corrected chi connectivity index (χ3v) is 4.29. The Balaban J connectivity index is 1.94. The van der Waals surface area contributed by atoms with Crippen molar-refractivity contribution >= 4 is 11.8 Å². The van der Waals surface area contributed by atoms with Crippen LogP contribution in [0.4, 0.5) is 0 Å². The number of carbonyl (C=O) groups is 2. The molecule has 1 aliphatic rings. The van der Waals surface area contributed by atoms with E-state index in [2.05, 4.69) is 0 Å². The summed E-state index contributed by atoms with van der Waals surface area (Å²) in [6, 6.07) is 18.0. The van der Waals surface area contributed by atoms with Crippen LogP contribution in [0.3, 0.4) is 0 Å². The molecule has 4 heteroatoms. The van der Waals surface area contributed by atoms with Crippen LogP contribution < -0.4 is 0 Å². The van der Waals surface area contributed by atoms with E-state index in [0.29, 0.717) is 11.1 Å². The normalized spacial score (nSPS) is 15.5. The van der Waals surface area contributed by atoms with Crippen molar-refractivity contribution in [3.63, 3.8) is 0 Å². The van der Waals surface area contributed by atoms with E-state index in [1.54, 1.807) is 24.3 Å². The monoisotopic (exact) mass is 322 g/mol. The Labute approximate surface area is 142 Å². The first-order chi connectivity index (χ1) is 11.8. The molecule has 0 radical (unpaired) electrons. The molecule has 2 aromatic carbocycles. The van der Waals surface area contributed by atoms with Gasteiger partial charge in [-0.25, -0.2) is 10.0 Å². The largest absolute Gasteiger partial charge is 0.275 e. The molecular formula is C20H22N2O2. The summed E-state index contributed by atoms with van der Waals surface area (Å²) in [5.74, 6) is -0.516. The Morgan fingerprint density at radius 3 is 1.50 bits per heavy atom. The van der Waals surface area contributed by atoms with Crippen LogP contribution in [0.1, 0.15) is 46.4 Å². The van der Waals surface area contributed by atoms with E-state index >= 15 is 0 Å². The molecule has 1 saturated heterocycles. The van der Waals surface area contributed by atoms with E-state index in [1.807, 2.05) is 41.4 Å². The zero-order valence-corrected chi connectivity index (χ0v) is 13.7. The quantitative estimate of drug-likeness (QED) is 0.808. The minimum Gasteiger partial charge on any atom is -0.267 e. The maximum absolute atomic E-state index is 13.0. The molecule has 0 aliphatic carbocycles. The van der Waals surface area contributed by atoms with Crippen molar-refractivity contribution in [1.29, 1.82) is 0 Å². The molecule has 1 heterocycles. The molecule has 0 atom stereocenters. The van der Waals surface area contributed by atoms with E-state index in [0.717, 1.165) is 38.8 Å². The van der Waals surface area contributed by atoms with E-state index in [1.165, 1.54) is 5.01 Å². The molecule has 0 N–H and O–H groups in total. The Bertz CT molecular complexity index is 626. The maximum Gasteiger partial charge on any atom is 0.275 e. The molecule has 1 fully saturated rings. The Kier molecular flexibility index (Phi) is 5.39. The molecule has 124 valence electrons. The molecule has 0 aromatic heterocycles. The van der Waals surface area contributed by atoms with E-state index in [9.17, 15) is 9.59 Å². The lowest BCUT2D eigenvalue weighted by molar-refractivity contribution is -0.00128. The second-order valence-corrected chi connectivity index (χ2v) is 6.02. The average molecular weight is 322 g/mol. The molecule has 0 unspecified atom stereocenters. The highest BCUT2D eigenvalue weighted by atomic mass is 16.2.